The molecule has 2 amide bonds. The predicted octanol–water partition coefficient (Wildman–Crippen LogP) is 6.35. The van der Waals surface area contributed by atoms with E-state index in [1.54, 1.807) is 0 Å². The summed E-state index contributed by atoms with van der Waals surface area (Å²) in [5.74, 6) is 0.909. The summed E-state index contributed by atoms with van der Waals surface area (Å²) >= 11 is 6.23. The normalized spacial score (nSPS) is 29.6. The number of benzene rings is 1. The Labute approximate surface area is 253 Å². The molecule has 41 heavy (non-hydrogen) atoms. The molecule has 0 bridgehead atoms. The number of carbonyl (C=O) groups excluding carboxylic acids is 2. The number of aliphatic hydroxyl groups is 1. The average molecular weight is 588 g/mol. The zero-order valence-corrected chi connectivity index (χ0v) is 27.3. The Kier molecular flexibility index (Phi) is 10.2. The minimum atomic E-state index is -0.834. The van der Waals surface area contributed by atoms with E-state index in [4.69, 9.17) is 11.6 Å². The first-order valence-electron chi connectivity index (χ1n) is 16.0. The molecule has 1 aliphatic carbocycles. The first kappa shape index (κ1) is 32.3. The molecule has 1 saturated carbocycles. The smallest absolute Gasteiger partial charge is 0.231 e. The molecule has 2 aliphatic heterocycles. The topological polar surface area (TPSA) is 64.1 Å². The van der Waals surface area contributed by atoms with Gasteiger partial charge in [0.1, 0.15) is 0 Å². The maximum absolute atomic E-state index is 14.6. The van der Waals surface area contributed by atoms with Gasteiger partial charge in [0.2, 0.25) is 11.8 Å². The Morgan fingerprint density at radius 1 is 0.976 bits per heavy atom. The van der Waals surface area contributed by atoms with Crippen molar-refractivity contribution in [3.05, 3.63) is 34.9 Å². The molecule has 7 heteroatoms. The van der Waals surface area contributed by atoms with Crippen molar-refractivity contribution in [2.45, 2.75) is 123 Å². The van der Waals surface area contributed by atoms with E-state index in [1.807, 2.05) is 26.0 Å². The van der Waals surface area contributed by atoms with E-state index < -0.39 is 5.41 Å². The maximum Gasteiger partial charge on any atom is 0.231 e. The van der Waals surface area contributed by atoms with Gasteiger partial charge in [-0.2, -0.15) is 0 Å². The van der Waals surface area contributed by atoms with Crippen LogP contribution in [0.25, 0.3) is 0 Å². The Morgan fingerprint density at radius 2 is 1.61 bits per heavy atom. The number of halogens is 1. The van der Waals surface area contributed by atoms with Crippen molar-refractivity contribution in [2.24, 2.45) is 17.3 Å². The minimum absolute atomic E-state index is 0.0127. The summed E-state index contributed by atoms with van der Waals surface area (Å²) in [4.78, 5) is 35.3. The molecule has 0 unspecified atom stereocenters. The number of hydrogen-bond donors (Lipinski definition) is 1. The first-order valence-corrected chi connectivity index (χ1v) is 16.4. The molecule has 230 valence electrons. The van der Waals surface area contributed by atoms with Crippen molar-refractivity contribution in [1.82, 2.24) is 14.7 Å². The molecule has 1 aromatic rings. The van der Waals surface area contributed by atoms with Gasteiger partial charge in [0.25, 0.3) is 0 Å². The van der Waals surface area contributed by atoms with Crippen LogP contribution in [0, 0.1) is 17.3 Å². The number of hydrogen-bond acceptors (Lipinski definition) is 4. The van der Waals surface area contributed by atoms with Crippen LogP contribution in [0.5, 0.6) is 0 Å². The summed E-state index contributed by atoms with van der Waals surface area (Å²) in [6.07, 6.45) is 7.00. The van der Waals surface area contributed by atoms with Crippen molar-refractivity contribution in [1.29, 1.82) is 0 Å². The van der Waals surface area contributed by atoms with E-state index in [2.05, 4.69) is 61.5 Å². The van der Waals surface area contributed by atoms with Crippen LogP contribution in [0.1, 0.15) is 105 Å². The van der Waals surface area contributed by atoms with Crippen LogP contribution < -0.4 is 0 Å². The van der Waals surface area contributed by atoms with Gasteiger partial charge in [-0.15, -0.1) is 0 Å². The molecule has 2 saturated heterocycles. The number of carbonyl (C=O) groups is 2. The summed E-state index contributed by atoms with van der Waals surface area (Å²) in [5.41, 5.74) is 0.298. The van der Waals surface area contributed by atoms with Crippen LogP contribution in [0.2, 0.25) is 5.02 Å². The van der Waals surface area contributed by atoms with Crippen LogP contribution in [-0.2, 0) is 9.59 Å². The SMILES string of the molecule is CCC[C@H]1C[C@H](N(C(=O)C(C)(C)CO)C2CCC(C)CC2)CN1C(=O)[C@@H]1CN(C(C)(C)C)C[C@H]1c1ccc(Cl)cc1. The largest absolute Gasteiger partial charge is 0.395 e. The third-order valence-electron chi connectivity index (χ3n) is 10.2. The van der Waals surface area contributed by atoms with E-state index in [1.165, 1.54) is 5.56 Å². The van der Waals surface area contributed by atoms with Gasteiger partial charge in [0.15, 0.2) is 0 Å². The van der Waals surface area contributed by atoms with Gasteiger partial charge >= 0.3 is 0 Å². The van der Waals surface area contributed by atoms with Gasteiger partial charge in [-0.1, -0.05) is 44.0 Å². The molecule has 3 aliphatic rings. The Morgan fingerprint density at radius 3 is 2.17 bits per heavy atom. The second-order valence-corrected chi connectivity index (χ2v) is 15.3. The number of nitrogens with zero attached hydrogens (tertiary/aromatic N) is 3. The quantitative estimate of drug-likeness (QED) is 0.385. The molecule has 0 aromatic heterocycles. The molecule has 4 atom stereocenters. The number of aliphatic hydroxyl groups excluding tert-OH is 1. The Hall–Kier alpha value is -1.63. The summed E-state index contributed by atoms with van der Waals surface area (Å²) in [7, 11) is 0. The highest BCUT2D eigenvalue weighted by molar-refractivity contribution is 6.30. The van der Waals surface area contributed by atoms with Crippen molar-refractivity contribution in [2.75, 3.05) is 26.2 Å². The third kappa shape index (κ3) is 7.13. The van der Waals surface area contributed by atoms with Gasteiger partial charge < -0.3 is 14.9 Å². The molecule has 6 nitrogen and oxygen atoms in total. The second-order valence-electron chi connectivity index (χ2n) is 14.8. The second kappa shape index (κ2) is 12.9. The molecular weight excluding hydrogens is 534 g/mol. The van der Waals surface area contributed by atoms with Crippen molar-refractivity contribution >= 4 is 23.4 Å². The maximum atomic E-state index is 14.6. The molecule has 4 rings (SSSR count). The van der Waals surface area contributed by atoms with E-state index in [-0.39, 0.29) is 53.9 Å². The lowest BCUT2D eigenvalue weighted by Crippen LogP contribution is -2.54. The highest BCUT2D eigenvalue weighted by atomic mass is 35.5. The van der Waals surface area contributed by atoms with E-state index in [0.29, 0.717) is 17.5 Å². The number of rotatable bonds is 8. The standard InChI is InChI=1S/C34H54ClN3O3/c1-8-9-27-18-28(38(32(41)34(6,7)22-39)26-16-10-23(2)11-17-26)19-37(27)31(40)30-21-36(33(3,4)5)20-29(30)24-12-14-25(35)15-13-24/h12-15,23,26-30,39H,8-11,16-22H2,1-7H3/t23?,26?,27-,28-,29-,30+/m0/s1. The van der Waals surface area contributed by atoms with E-state index in [9.17, 15) is 14.7 Å². The lowest BCUT2D eigenvalue weighted by atomic mass is 9.83. The highest BCUT2D eigenvalue weighted by Gasteiger charge is 2.49. The molecular formula is C34H54ClN3O3. The van der Waals surface area contributed by atoms with Gasteiger partial charge in [0.05, 0.1) is 24.0 Å². The van der Waals surface area contributed by atoms with Gasteiger partial charge in [-0.3, -0.25) is 14.5 Å². The van der Waals surface area contributed by atoms with Crippen LogP contribution in [0.3, 0.4) is 0 Å². The van der Waals surface area contributed by atoms with E-state index in [0.717, 1.165) is 58.0 Å². The van der Waals surface area contributed by atoms with Crippen molar-refractivity contribution in [3.63, 3.8) is 0 Å². The van der Waals surface area contributed by atoms with Gasteiger partial charge in [-0.05, 0) is 96.8 Å². The fraction of sp³-hybridized carbons (Fsp3) is 0.765. The minimum Gasteiger partial charge on any atom is -0.395 e. The number of amides is 2. The summed E-state index contributed by atoms with van der Waals surface area (Å²) < 4.78 is 0. The van der Waals surface area contributed by atoms with Crippen LogP contribution in [-0.4, -0.2) is 81.5 Å². The zero-order chi connectivity index (χ0) is 30.1. The molecule has 0 spiro atoms. The lowest BCUT2D eigenvalue weighted by molar-refractivity contribution is -0.149. The van der Waals surface area contributed by atoms with Crippen molar-refractivity contribution < 1.29 is 14.7 Å². The van der Waals surface area contributed by atoms with Crippen LogP contribution in [0.15, 0.2) is 24.3 Å². The van der Waals surface area contributed by atoms with Gasteiger partial charge in [-0.25, -0.2) is 0 Å². The monoisotopic (exact) mass is 587 g/mol. The Bertz CT molecular complexity index is 1040. The predicted molar refractivity (Wildman–Crippen MR) is 167 cm³/mol. The van der Waals surface area contributed by atoms with E-state index >= 15 is 0 Å². The average Bonchev–Trinajstić information content (AvgIpc) is 3.56. The molecule has 2 heterocycles. The fourth-order valence-electron chi connectivity index (χ4n) is 7.40. The highest BCUT2D eigenvalue weighted by Crippen LogP contribution is 2.41. The summed E-state index contributed by atoms with van der Waals surface area (Å²) in [6.45, 7) is 16.8. The summed E-state index contributed by atoms with van der Waals surface area (Å²) in [5, 5.41) is 10.8. The van der Waals surface area contributed by atoms with Crippen LogP contribution in [0.4, 0.5) is 0 Å². The molecule has 3 fully saturated rings. The molecule has 1 aromatic carbocycles. The molecule has 0 radical (unpaired) electrons. The lowest BCUT2D eigenvalue weighted by Gasteiger charge is -2.43. The third-order valence-corrected chi connectivity index (χ3v) is 10.4. The first-order chi connectivity index (χ1) is 19.3. The number of likely N-dealkylation sites (tertiary alicyclic amines) is 2. The molecule has 1 N–H and O–H groups in total. The zero-order valence-electron chi connectivity index (χ0n) is 26.5. The van der Waals surface area contributed by atoms with Gasteiger partial charge in [0, 0.05) is 48.2 Å². The van der Waals surface area contributed by atoms with Crippen LogP contribution >= 0.6 is 11.6 Å². The Balaban J connectivity index is 1.64. The summed E-state index contributed by atoms with van der Waals surface area (Å²) in [6, 6.07) is 8.32. The fourth-order valence-corrected chi connectivity index (χ4v) is 7.53. The van der Waals surface area contributed by atoms with Crippen molar-refractivity contribution in [3.8, 4) is 0 Å².